The van der Waals surface area contributed by atoms with Crippen molar-refractivity contribution >= 4 is 39.1 Å². The van der Waals surface area contributed by atoms with Gasteiger partial charge in [-0.15, -0.1) is 11.3 Å². The zero-order chi connectivity index (χ0) is 13.3. The van der Waals surface area contributed by atoms with Crippen LogP contribution in [0.2, 0.25) is 0 Å². The van der Waals surface area contributed by atoms with Gasteiger partial charge in [-0.1, -0.05) is 0 Å². The lowest BCUT2D eigenvalue weighted by molar-refractivity contribution is -0.128. The molecule has 1 aromatic heterocycles. The number of amides is 2. The maximum atomic E-state index is 12.2. The van der Waals surface area contributed by atoms with E-state index in [0.717, 1.165) is 14.9 Å². The van der Waals surface area contributed by atoms with Crippen LogP contribution in [0.25, 0.3) is 0 Å². The number of thiophene rings is 1. The molecule has 1 aromatic rings. The highest BCUT2D eigenvalue weighted by atomic mass is 79.9. The van der Waals surface area contributed by atoms with Crippen LogP contribution in [0, 0.1) is 12.8 Å². The van der Waals surface area contributed by atoms with Gasteiger partial charge in [0.25, 0.3) is 5.91 Å². The zero-order valence-corrected chi connectivity index (χ0v) is 12.7. The molecule has 2 amide bonds. The minimum atomic E-state index is -0.0475. The number of nitrogens with one attached hydrogen (secondary N) is 1. The summed E-state index contributed by atoms with van der Waals surface area (Å²) in [7, 11) is 0. The first-order valence-electron chi connectivity index (χ1n) is 5.85. The molecule has 1 aliphatic heterocycles. The quantitative estimate of drug-likeness (QED) is 0.921. The summed E-state index contributed by atoms with van der Waals surface area (Å²) in [5.41, 5.74) is 1.07. The van der Waals surface area contributed by atoms with Crippen molar-refractivity contribution in [2.24, 2.45) is 5.92 Å². The first-order chi connectivity index (χ1) is 8.54. The van der Waals surface area contributed by atoms with Crippen LogP contribution >= 0.6 is 27.3 Å². The van der Waals surface area contributed by atoms with E-state index in [0.29, 0.717) is 19.6 Å². The third-order valence-corrected chi connectivity index (χ3v) is 5.35. The molecular weight excluding hydrogens is 316 g/mol. The molecule has 0 atom stereocenters. The van der Waals surface area contributed by atoms with Crippen LogP contribution < -0.4 is 5.32 Å². The Balaban J connectivity index is 1.94. The minimum absolute atomic E-state index is 0.0144. The Bertz CT molecular complexity index is 480. The Hall–Kier alpha value is -0.880. The number of likely N-dealkylation sites (tertiary alicyclic amines) is 1. The van der Waals surface area contributed by atoms with Crippen molar-refractivity contribution in [3.63, 3.8) is 0 Å². The standard InChI is InChI=1S/C12H15BrN2O2S/c1-3-14-11(16)8-4-15(5-8)12(17)10-9(13)7(2)6-18-10/h6,8H,3-5H2,1-2H3,(H,14,16). The van der Waals surface area contributed by atoms with Crippen LogP contribution in [0.4, 0.5) is 0 Å². The number of aryl methyl sites for hydroxylation is 1. The number of halogens is 1. The predicted octanol–water partition coefficient (Wildman–Crippen LogP) is 2.03. The van der Waals surface area contributed by atoms with E-state index >= 15 is 0 Å². The third-order valence-electron chi connectivity index (χ3n) is 2.98. The normalized spacial score (nSPS) is 15.4. The zero-order valence-electron chi connectivity index (χ0n) is 10.3. The molecule has 1 saturated heterocycles. The van der Waals surface area contributed by atoms with E-state index < -0.39 is 0 Å². The summed E-state index contributed by atoms with van der Waals surface area (Å²) in [6.07, 6.45) is 0. The average Bonchev–Trinajstić information content (AvgIpc) is 2.58. The summed E-state index contributed by atoms with van der Waals surface area (Å²) >= 11 is 4.87. The van der Waals surface area contributed by atoms with Gasteiger partial charge in [0, 0.05) is 24.1 Å². The molecule has 98 valence electrons. The van der Waals surface area contributed by atoms with Crippen molar-refractivity contribution < 1.29 is 9.59 Å². The highest BCUT2D eigenvalue weighted by Gasteiger charge is 2.36. The fourth-order valence-corrected chi connectivity index (χ4v) is 3.47. The van der Waals surface area contributed by atoms with Gasteiger partial charge < -0.3 is 10.2 Å². The maximum absolute atomic E-state index is 12.2. The van der Waals surface area contributed by atoms with Gasteiger partial charge >= 0.3 is 0 Å². The van der Waals surface area contributed by atoms with E-state index in [-0.39, 0.29) is 17.7 Å². The molecule has 1 aliphatic rings. The molecule has 2 heterocycles. The molecule has 0 saturated carbocycles. The Morgan fingerprint density at radius 1 is 1.56 bits per heavy atom. The molecule has 0 aromatic carbocycles. The molecule has 0 aliphatic carbocycles. The fourth-order valence-electron chi connectivity index (χ4n) is 1.85. The third kappa shape index (κ3) is 2.44. The number of rotatable bonds is 3. The van der Waals surface area contributed by atoms with Crippen molar-refractivity contribution in [3.05, 3.63) is 20.3 Å². The Morgan fingerprint density at radius 2 is 2.22 bits per heavy atom. The summed E-state index contributed by atoms with van der Waals surface area (Å²) < 4.78 is 0.874. The van der Waals surface area contributed by atoms with Crippen LogP contribution in [0.15, 0.2) is 9.85 Å². The average molecular weight is 331 g/mol. The fraction of sp³-hybridized carbons (Fsp3) is 0.500. The number of hydrogen-bond acceptors (Lipinski definition) is 3. The van der Waals surface area contributed by atoms with Gasteiger partial charge in [-0.3, -0.25) is 9.59 Å². The topological polar surface area (TPSA) is 49.4 Å². The molecule has 18 heavy (non-hydrogen) atoms. The number of nitrogens with zero attached hydrogens (tertiary/aromatic N) is 1. The Labute approximate surface area is 118 Å². The van der Waals surface area contributed by atoms with Crippen LogP contribution in [-0.4, -0.2) is 36.3 Å². The van der Waals surface area contributed by atoms with Crippen LogP contribution in [-0.2, 0) is 4.79 Å². The number of carbonyl (C=O) groups excluding carboxylic acids is 2. The van der Waals surface area contributed by atoms with E-state index in [2.05, 4.69) is 21.2 Å². The molecule has 0 radical (unpaired) electrons. The van der Waals surface area contributed by atoms with Crippen molar-refractivity contribution in [3.8, 4) is 0 Å². The van der Waals surface area contributed by atoms with Gasteiger partial charge in [-0.2, -0.15) is 0 Å². The van der Waals surface area contributed by atoms with Gasteiger partial charge in [-0.05, 0) is 40.7 Å². The number of carbonyl (C=O) groups is 2. The summed E-state index contributed by atoms with van der Waals surface area (Å²) in [4.78, 5) is 26.1. The summed E-state index contributed by atoms with van der Waals surface area (Å²) in [6, 6.07) is 0. The van der Waals surface area contributed by atoms with Gasteiger partial charge in [0.2, 0.25) is 5.91 Å². The van der Waals surface area contributed by atoms with Crippen molar-refractivity contribution in [2.75, 3.05) is 19.6 Å². The van der Waals surface area contributed by atoms with Crippen LogP contribution in [0.1, 0.15) is 22.2 Å². The maximum Gasteiger partial charge on any atom is 0.265 e. The molecule has 0 bridgehead atoms. The van der Waals surface area contributed by atoms with Gasteiger partial charge in [0.1, 0.15) is 4.88 Å². The van der Waals surface area contributed by atoms with E-state index in [1.54, 1.807) is 4.90 Å². The molecule has 4 nitrogen and oxygen atoms in total. The highest BCUT2D eigenvalue weighted by Crippen LogP contribution is 2.30. The minimum Gasteiger partial charge on any atom is -0.356 e. The molecule has 6 heteroatoms. The predicted molar refractivity (Wildman–Crippen MR) is 74.8 cm³/mol. The molecule has 0 spiro atoms. The van der Waals surface area contributed by atoms with E-state index in [1.165, 1.54) is 11.3 Å². The van der Waals surface area contributed by atoms with Gasteiger partial charge in [0.15, 0.2) is 0 Å². The van der Waals surface area contributed by atoms with Crippen molar-refractivity contribution in [1.29, 1.82) is 0 Å². The Kier molecular flexibility index (Phi) is 4.07. The number of hydrogen-bond donors (Lipinski definition) is 1. The van der Waals surface area contributed by atoms with Crippen LogP contribution in [0.3, 0.4) is 0 Å². The SMILES string of the molecule is CCNC(=O)C1CN(C(=O)c2scc(C)c2Br)C1. The second-order valence-electron chi connectivity index (χ2n) is 4.36. The lowest BCUT2D eigenvalue weighted by Crippen LogP contribution is -2.55. The lowest BCUT2D eigenvalue weighted by atomic mass is 9.99. The lowest BCUT2D eigenvalue weighted by Gasteiger charge is -2.37. The molecule has 1 fully saturated rings. The summed E-state index contributed by atoms with van der Waals surface area (Å²) in [6.45, 7) is 5.54. The monoisotopic (exact) mass is 330 g/mol. The van der Waals surface area contributed by atoms with E-state index in [9.17, 15) is 9.59 Å². The smallest absolute Gasteiger partial charge is 0.265 e. The van der Waals surface area contributed by atoms with Crippen molar-refractivity contribution in [1.82, 2.24) is 10.2 Å². The van der Waals surface area contributed by atoms with Crippen molar-refractivity contribution in [2.45, 2.75) is 13.8 Å². The van der Waals surface area contributed by atoms with Gasteiger partial charge in [0.05, 0.1) is 5.92 Å². The first-order valence-corrected chi connectivity index (χ1v) is 7.52. The summed E-state index contributed by atoms with van der Waals surface area (Å²) in [5, 5.41) is 4.74. The second kappa shape index (κ2) is 5.40. The first kappa shape index (κ1) is 13.5. The largest absolute Gasteiger partial charge is 0.356 e. The Morgan fingerprint density at radius 3 is 2.72 bits per heavy atom. The van der Waals surface area contributed by atoms with E-state index in [1.807, 2.05) is 19.2 Å². The molecular formula is C12H15BrN2O2S. The van der Waals surface area contributed by atoms with Gasteiger partial charge in [-0.25, -0.2) is 0 Å². The van der Waals surface area contributed by atoms with Crippen LogP contribution in [0.5, 0.6) is 0 Å². The molecule has 0 unspecified atom stereocenters. The summed E-state index contributed by atoms with van der Waals surface area (Å²) in [5.74, 6) is 0.0113. The molecule has 2 rings (SSSR count). The highest BCUT2D eigenvalue weighted by molar-refractivity contribution is 9.10. The van der Waals surface area contributed by atoms with E-state index in [4.69, 9.17) is 0 Å². The second-order valence-corrected chi connectivity index (χ2v) is 6.04. The molecule has 1 N–H and O–H groups in total.